The Labute approximate surface area is 165 Å². The first-order valence-corrected chi connectivity index (χ1v) is 8.23. The van der Waals surface area contributed by atoms with E-state index in [-0.39, 0.29) is 16.3 Å². The number of carbonyl (C=O) groups is 2. The molecule has 0 aliphatic carbocycles. The Bertz CT molecular complexity index is 853. The lowest BCUT2D eigenvalue weighted by molar-refractivity contribution is -0.142. The average molecular weight is 412 g/mol. The summed E-state index contributed by atoms with van der Waals surface area (Å²) < 4.78 is 15.2. The fraction of sp³-hybridized carbons (Fsp3) is 0.176. The average Bonchev–Trinajstić information content (AvgIpc) is 2.63. The summed E-state index contributed by atoms with van der Waals surface area (Å²) in [5.74, 6) is -0.342. The summed E-state index contributed by atoms with van der Waals surface area (Å²) in [4.78, 5) is 31.0. The Kier molecular flexibility index (Phi) is 7.39. The third-order valence-corrected chi connectivity index (χ3v) is 3.47. The van der Waals surface area contributed by atoms with E-state index in [9.17, 15) is 9.59 Å². The summed E-state index contributed by atoms with van der Waals surface area (Å²) in [6, 6.07) is 6.44. The summed E-state index contributed by atoms with van der Waals surface area (Å²) in [5, 5.41) is 2.46. The highest BCUT2D eigenvalue weighted by molar-refractivity contribution is 6.33. The maximum atomic E-state index is 11.8. The van der Waals surface area contributed by atoms with Gasteiger partial charge in [-0.3, -0.25) is 10.1 Å². The van der Waals surface area contributed by atoms with Gasteiger partial charge in [-0.2, -0.15) is 0 Å². The maximum absolute atomic E-state index is 11.8. The van der Waals surface area contributed by atoms with E-state index in [0.717, 1.165) is 0 Å². The van der Waals surface area contributed by atoms with Crippen molar-refractivity contribution < 1.29 is 23.8 Å². The number of amides is 1. The number of nitrogens with zero attached hydrogens (tertiary/aromatic N) is 2. The van der Waals surface area contributed by atoms with Crippen LogP contribution in [0.4, 0.5) is 5.95 Å². The lowest BCUT2D eigenvalue weighted by Gasteiger charge is -2.07. The molecule has 0 spiro atoms. The predicted octanol–water partition coefficient (Wildman–Crippen LogP) is 3.00. The second-order valence-electron chi connectivity index (χ2n) is 4.94. The minimum Gasteiger partial charge on any atom is -0.493 e. The van der Waals surface area contributed by atoms with Gasteiger partial charge < -0.3 is 14.2 Å². The van der Waals surface area contributed by atoms with Crippen LogP contribution in [0.1, 0.15) is 5.56 Å². The topological polar surface area (TPSA) is 99.6 Å². The molecule has 142 valence electrons. The third-order valence-electron chi connectivity index (χ3n) is 3.08. The molecule has 2 aromatic rings. The van der Waals surface area contributed by atoms with Crippen molar-refractivity contribution in [3.63, 3.8) is 0 Å². The van der Waals surface area contributed by atoms with E-state index in [0.29, 0.717) is 17.1 Å². The summed E-state index contributed by atoms with van der Waals surface area (Å²) in [7, 11) is 3.03. The van der Waals surface area contributed by atoms with Gasteiger partial charge in [0, 0.05) is 12.1 Å². The van der Waals surface area contributed by atoms with E-state index < -0.39 is 18.5 Å². The second kappa shape index (κ2) is 9.75. The van der Waals surface area contributed by atoms with Crippen LogP contribution in [0.15, 0.2) is 30.3 Å². The van der Waals surface area contributed by atoms with Crippen LogP contribution in [0.5, 0.6) is 11.5 Å². The Morgan fingerprint density at radius 2 is 1.74 bits per heavy atom. The van der Waals surface area contributed by atoms with Gasteiger partial charge in [-0.25, -0.2) is 14.8 Å². The Hall–Kier alpha value is -2.84. The van der Waals surface area contributed by atoms with Gasteiger partial charge in [-0.1, -0.05) is 29.3 Å². The lowest BCUT2D eigenvalue weighted by atomic mass is 10.2. The number of anilines is 1. The van der Waals surface area contributed by atoms with Crippen LogP contribution in [-0.2, 0) is 14.3 Å². The van der Waals surface area contributed by atoms with Gasteiger partial charge in [-0.15, -0.1) is 0 Å². The fourth-order valence-corrected chi connectivity index (χ4v) is 2.34. The summed E-state index contributed by atoms with van der Waals surface area (Å²) >= 11 is 11.4. The van der Waals surface area contributed by atoms with Gasteiger partial charge in [-0.05, 0) is 23.8 Å². The number of methoxy groups -OCH3 is 2. The largest absolute Gasteiger partial charge is 0.493 e. The molecule has 0 saturated carbocycles. The van der Waals surface area contributed by atoms with E-state index >= 15 is 0 Å². The predicted molar refractivity (Wildman–Crippen MR) is 100 cm³/mol. The highest BCUT2D eigenvalue weighted by Gasteiger charge is 2.09. The Morgan fingerprint density at radius 1 is 1.07 bits per heavy atom. The summed E-state index contributed by atoms with van der Waals surface area (Å²) in [6.07, 6.45) is 2.70. The quantitative estimate of drug-likeness (QED) is 0.424. The molecule has 0 atom stereocenters. The molecule has 2 rings (SSSR count). The van der Waals surface area contributed by atoms with Crippen molar-refractivity contribution >= 4 is 47.1 Å². The molecule has 10 heteroatoms. The van der Waals surface area contributed by atoms with Crippen molar-refractivity contribution in [2.75, 3.05) is 26.1 Å². The zero-order valence-electron chi connectivity index (χ0n) is 14.4. The molecule has 0 radical (unpaired) electrons. The molecule has 8 nitrogen and oxygen atoms in total. The second-order valence-corrected chi connectivity index (χ2v) is 5.72. The highest BCUT2D eigenvalue weighted by atomic mass is 35.5. The van der Waals surface area contributed by atoms with E-state index in [1.165, 1.54) is 32.4 Å². The van der Waals surface area contributed by atoms with Crippen molar-refractivity contribution in [1.82, 2.24) is 9.97 Å². The molecule has 27 heavy (non-hydrogen) atoms. The van der Waals surface area contributed by atoms with Gasteiger partial charge >= 0.3 is 5.97 Å². The molecule has 0 bridgehead atoms. The molecule has 0 aliphatic heterocycles. The van der Waals surface area contributed by atoms with Crippen molar-refractivity contribution in [2.45, 2.75) is 0 Å². The van der Waals surface area contributed by atoms with Gasteiger partial charge in [0.2, 0.25) is 5.95 Å². The van der Waals surface area contributed by atoms with Crippen molar-refractivity contribution in [3.05, 3.63) is 46.2 Å². The van der Waals surface area contributed by atoms with Crippen molar-refractivity contribution in [2.24, 2.45) is 0 Å². The molecule has 1 aromatic heterocycles. The number of hydrogen-bond donors (Lipinski definition) is 1. The number of ether oxygens (including phenoxy) is 3. The number of carbonyl (C=O) groups excluding carboxylic acids is 2. The molecule has 0 saturated heterocycles. The van der Waals surface area contributed by atoms with Crippen molar-refractivity contribution in [3.8, 4) is 11.5 Å². The van der Waals surface area contributed by atoms with Crippen LogP contribution in [0, 0.1) is 0 Å². The Morgan fingerprint density at radius 3 is 2.37 bits per heavy atom. The van der Waals surface area contributed by atoms with E-state index in [2.05, 4.69) is 15.3 Å². The van der Waals surface area contributed by atoms with E-state index in [1.54, 1.807) is 18.2 Å². The van der Waals surface area contributed by atoms with Crippen LogP contribution in [0.2, 0.25) is 10.3 Å². The number of nitrogens with one attached hydrogen (secondary N) is 1. The normalized spacial score (nSPS) is 10.5. The third kappa shape index (κ3) is 6.43. The first-order chi connectivity index (χ1) is 12.9. The van der Waals surface area contributed by atoms with Crippen LogP contribution >= 0.6 is 23.2 Å². The lowest BCUT2D eigenvalue weighted by Crippen LogP contribution is -2.21. The smallest absolute Gasteiger partial charge is 0.331 e. The zero-order valence-corrected chi connectivity index (χ0v) is 15.9. The highest BCUT2D eigenvalue weighted by Crippen LogP contribution is 2.27. The van der Waals surface area contributed by atoms with Crippen LogP contribution < -0.4 is 14.8 Å². The van der Waals surface area contributed by atoms with E-state index in [4.69, 9.17) is 37.4 Å². The van der Waals surface area contributed by atoms with Gasteiger partial charge in [0.25, 0.3) is 5.91 Å². The summed E-state index contributed by atoms with van der Waals surface area (Å²) in [6.45, 7) is -0.525. The number of esters is 1. The number of benzene rings is 1. The first-order valence-electron chi connectivity index (χ1n) is 7.48. The van der Waals surface area contributed by atoms with Gasteiger partial charge in [0.15, 0.2) is 18.1 Å². The van der Waals surface area contributed by atoms with Crippen molar-refractivity contribution in [1.29, 1.82) is 0 Å². The van der Waals surface area contributed by atoms with Crippen LogP contribution in [0.3, 0.4) is 0 Å². The number of halogens is 2. The molecular formula is C17H15Cl2N3O5. The van der Waals surface area contributed by atoms with Gasteiger partial charge in [0.1, 0.15) is 10.3 Å². The molecule has 0 fully saturated rings. The number of aromatic nitrogens is 2. The maximum Gasteiger partial charge on any atom is 0.331 e. The minimum atomic E-state index is -0.704. The number of hydrogen-bond acceptors (Lipinski definition) is 7. The molecule has 0 unspecified atom stereocenters. The number of rotatable bonds is 7. The van der Waals surface area contributed by atoms with Crippen LogP contribution in [-0.4, -0.2) is 42.7 Å². The minimum absolute atomic E-state index is 0.0696. The monoisotopic (exact) mass is 411 g/mol. The summed E-state index contributed by atoms with van der Waals surface area (Å²) in [5.41, 5.74) is 0.691. The molecule has 1 N–H and O–H groups in total. The Balaban J connectivity index is 1.88. The molecule has 1 amide bonds. The first kappa shape index (κ1) is 20.5. The SMILES string of the molecule is COc1ccc(/C=C/C(=O)OCC(=O)Nc2nc(Cl)cc(Cl)n2)cc1OC. The molecule has 1 aromatic carbocycles. The van der Waals surface area contributed by atoms with Gasteiger partial charge in [0.05, 0.1) is 14.2 Å². The zero-order chi connectivity index (χ0) is 19.8. The molecule has 1 heterocycles. The fourth-order valence-electron chi connectivity index (χ4n) is 1.91. The molecule has 0 aliphatic rings. The van der Waals surface area contributed by atoms with Crippen LogP contribution in [0.25, 0.3) is 6.08 Å². The molecular weight excluding hydrogens is 397 g/mol. The standard InChI is InChI=1S/C17H15Cl2N3O5/c1-25-11-5-3-10(7-12(11)26-2)4-6-16(24)27-9-15(23)22-17-20-13(18)8-14(19)21-17/h3-8H,9H2,1-2H3,(H,20,21,22,23)/b6-4+. The van der Waals surface area contributed by atoms with E-state index in [1.807, 2.05) is 0 Å².